The Morgan fingerprint density at radius 2 is 1.87 bits per heavy atom. The van der Waals surface area contributed by atoms with Crippen molar-refractivity contribution in [2.75, 3.05) is 6.61 Å². The van der Waals surface area contributed by atoms with Gasteiger partial charge in [-0.15, -0.1) is 0 Å². The maximum absolute atomic E-state index is 12.1. The van der Waals surface area contributed by atoms with Crippen LogP contribution in [0.4, 0.5) is 0 Å². The Balaban J connectivity index is 1.39. The number of ether oxygens (including phenoxy) is 1. The lowest BCUT2D eigenvalue weighted by molar-refractivity contribution is 0.0955. The van der Waals surface area contributed by atoms with E-state index in [9.17, 15) is 4.79 Å². The van der Waals surface area contributed by atoms with Gasteiger partial charge in [-0.2, -0.15) is 5.10 Å². The average molecular weight is 433 g/mol. The number of aryl methyl sites for hydroxylation is 1. The van der Waals surface area contributed by atoms with E-state index in [2.05, 4.69) is 26.1 Å². The smallest absolute Gasteiger partial charge is 0.271 e. The molecule has 0 saturated carbocycles. The second-order valence-electron chi connectivity index (χ2n) is 6.89. The second kappa shape index (κ2) is 9.91. The summed E-state index contributed by atoms with van der Waals surface area (Å²) in [5.74, 6) is 0.529. The Kier molecular flexibility index (Phi) is 6.59. The molecule has 156 valence electrons. The van der Waals surface area contributed by atoms with Gasteiger partial charge in [0, 0.05) is 52.2 Å². The van der Waals surface area contributed by atoms with Crippen LogP contribution >= 0.6 is 11.6 Å². The Morgan fingerprint density at radius 1 is 1.10 bits per heavy atom. The highest BCUT2D eigenvalue weighted by Crippen LogP contribution is 2.21. The van der Waals surface area contributed by atoms with Crippen molar-refractivity contribution in [3.8, 4) is 5.75 Å². The fourth-order valence-corrected chi connectivity index (χ4v) is 3.37. The standard InChI is InChI=1S/C24H21ClN4O2/c25-20-6-8-21(9-7-20)31-15-3-14-29-17-19(22-4-1-2-5-23(22)29)16-27-28-24(30)18-10-12-26-13-11-18/h1-2,4-13,16-17H,3,14-15H2,(H,28,30)/b27-16+. The Bertz CT molecular complexity index is 1190. The number of hydrazone groups is 1. The van der Waals surface area contributed by atoms with Gasteiger partial charge in [0.05, 0.1) is 12.8 Å². The van der Waals surface area contributed by atoms with Gasteiger partial charge < -0.3 is 9.30 Å². The quantitative estimate of drug-likeness (QED) is 0.244. The van der Waals surface area contributed by atoms with Crippen LogP contribution in [0.1, 0.15) is 22.3 Å². The van der Waals surface area contributed by atoms with Crippen molar-refractivity contribution >= 4 is 34.6 Å². The van der Waals surface area contributed by atoms with Crippen LogP contribution in [0.5, 0.6) is 5.75 Å². The molecular weight excluding hydrogens is 412 g/mol. The summed E-state index contributed by atoms with van der Waals surface area (Å²) in [5, 5.41) is 5.90. The van der Waals surface area contributed by atoms with Crippen LogP contribution in [-0.2, 0) is 6.54 Å². The number of nitrogens with one attached hydrogen (secondary N) is 1. The van der Waals surface area contributed by atoms with E-state index in [1.807, 2.05) is 48.7 Å². The zero-order valence-corrected chi connectivity index (χ0v) is 17.5. The van der Waals surface area contributed by atoms with Crippen molar-refractivity contribution in [3.63, 3.8) is 0 Å². The molecule has 0 fully saturated rings. The largest absolute Gasteiger partial charge is 0.494 e. The molecule has 0 aliphatic heterocycles. The van der Waals surface area contributed by atoms with Crippen LogP contribution < -0.4 is 10.2 Å². The van der Waals surface area contributed by atoms with Crippen LogP contribution in [0.25, 0.3) is 10.9 Å². The number of hydrogen-bond donors (Lipinski definition) is 1. The lowest BCUT2D eigenvalue weighted by atomic mass is 10.2. The van der Waals surface area contributed by atoms with Crippen LogP contribution in [0.15, 0.2) is 84.4 Å². The van der Waals surface area contributed by atoms with Gasteiger partial charge in [0.1, 0.15) is 5.75 Å². The van der Waals surface area contributed by atoms with Gasteiger partial charge in [0.25, 0.3) is 5.91 Å². The number of fused-ring (bicyclic) bond motifs is 1. The highest BCUT2D eigenvalue weighted by Gasteiger charge is 2.07. The van der Waals surface area contributed by atoms with Crippen molar-refractivity contribution in [2.45, 2.75) is 13.0 Å². The summed E-state index contributed by atoms with van der Waals surface area (Å²) >= 11 is 5.90. The summed E-state index contributed by atoms with van der Waals surface area (Å²) in [6.45, 7) is 1.39. The number of amides is 1. The van der Waals surface area contributed by atoms with Crippen molar-refractivity contribution in [3.05, 3.63) is 95.4 Å². The van der Waals surface area contributed by atoms with E-state index in [0.29, 0.717) is 17.2 Å². The van der Waals surface area contributed by atoms with Crippen LogP contribution in [-0.4, -0.2) is 28.3 Å². The molecule has 0 atom stereocenters. The molecule has 0 unspecified atom stereocenters. The highest BCUT2D eigenvalue weighted by molar-refractivity contribution is 6.30. The number of benzene rings is 2. The van der Waals surface area contributed by atoms with Crippen molar-refractivity contribution in [2.24, 2.45) is 5.10 Å². The predicted molar refractivity (Wildman–Crippen MR) is 123 cm³/mol. The summed E-state index contributed by atoms with van der Waals surface area (Å²) in [6, 6.07) is 18.8. The molecule has 2 aromatic carbocycles. The highest BCUT2D eigenvalue weighted by atomic mass is 35.5. The fraction of sp³-hybridized carbons (Fsp3) is 0.125. The minimum absolute atomic E-state index is 0.276. The first-order valence-electron chi connectivity index (χ1n) is 9.90. The second-order valence-corrected chi connectivity index (χ2v) is 7.32. The van der Waals surface area contributed by atoms with E-state index >= 15 is 0 Å². The number of carbonyl (C=O) groups is 1. The van der Waals surface area contributed by atoms with Gasteiger partial charge in [-0.1, -0.05) is 29.8 Å². The van der Waals surface area contributed by atoms with Crippen molar-refractivity contribution in [1.82, 2.24) is 15.0 Å². The summed E-state index contributed by atoms with van der Waals surface area (Å²) in [4.78, 5) is 16.0. The number of pyridine rings is 1. The van der Waals surface area contributed by atoms with Gasteiger partial charge in [-0.25, -0.2) is 5.43 Å². The first kappa shape index (κ1) is 20.6. The summed E-state index contributed by atoms with van der Waals surface area (Å²) in [6.07, 6.45) is 7.69. The minimum atomic E-state index is -0.276. The predicted octanol–water partition coefficient (Wildman–Crippen LogP) is 4.92. The molecule has 6 nitrogen and oxygen atoms in total. The first-order chi connectivity index (χ1) is 15.2. The SMILES string of the molecule is O=C(N/N=C/c1cn(CCCOc2ccc(Cl)cc2)c2ccccc12)c1ccncc1. The molecule has 2 aromatic heterocycles. The molecule has 1 amide bonds. The van der Waals surface area contributed by atoms with E-state index in [1.165, 1.54) is 0 Å². The Morgan fingerprint density at radius 3 is 2.68 bits per heavy atom. The molecule has 0 bridgehead atoms. The first-order valence-corrected chi connectivity index (χ1v) is 10.3. The number of para-hydroxylation sites is 1. The maximum atomic E-state index is 12.1. The summed E-state index contributed by atoms with van der Waals surface area (Å²) in [5.41, 5.74) is 5.11. The molecule has 7 heteroatoms. The van der Waals surface area contributed by atoms with Crippen LogP contribution in [0, 0.1) is 0 Å². The Labute approximate surface area is 185 Å². The van der Waals surface area contributed by atoms with E-state index in [1.54, 1.807) is 30.7 Å². The Hall–Kier alpha value is -3.64. The average Bonchev–Trinajstić information content (AvgIpc) is 3.16. The third-order valence-electron chi connectivity index (χ3n) is 4.76. The van der Waals surface area contributed by atoms with E-state index < -0.39 is 0 Å². The maximum Gasteiger partial charge on any atom is 0.271 e. The molecule has 4 aromatic rings. The monoisotopic (exact) mass is 432 g/mol. The summed E-state index contributed by atoms with van der Waals surface area (Å²) < 4.78 is 7.96. The van der Waals surface area contributed by atoms with E-state index in [4.69, 9.17) is 16.3 Å². The molecule has 4 rings (SSSR count). The third-order valence-corrected chi connectivity index (χ3v) is 5.01. The third kappa shape index (κ3) is 5.29. The molecule has 0 radical (unpaired) electrons. The summed E-state index contributed by atoms with van der Waals surface area (Å²) in [7, 11) is 0. The lowest BCUT2D eigenvalue weighted by Crippen LogP contribution is -2.17. The van der Waals surface area contributed by atoms with Gasteiger partial charge in [0.2, 0.25) is 0 Å². The van der Waals surface area contributed by atoms with Gasteiger partial charge >= 0.3 is 0 Å². The molecule has 0 aliphatic rings. The number of halogens is 1. The number of rotatable bonds is 8. The normalized spacial score (nSPS) is 11.1. The zero-order valence-electron chi connectivity index (χ0n) is 16.7. The van der Waals surface area contributed by atoms with Crippen LogP contribution in [0.2, 0.25) is 5.02 Å². The zero-order chi connectivity index (χ0) is 21.5. The molecule has 2 heterocycles. The molecule has 0 aliphatic carbocycles. The van der Waals surface area contributed by atoms with Gasteiger partial charge in [-0.3, -0.25) is 9.78 Å². The lowest BCUT2D eigenvalue weighted by Gasteiger charge is -2.08. The number of carbonyl (C=O) groups excluding carboxylic acids is 1. The van der Waals surface area contributed by atoms with Crippen molar-refractivity contribution in [1.29, 1.82) is 0 Å². The van der Waals surface area contributed by atoms with Crippen LogP contribution in [0.3, 0.4) is 0 Å². The minimum Gasteiger partial charge on any atom is -0.494 e. The van der Waals surface area contributed by atoms with E-state index in [0.717, 1.165) is 35.2 Å². The fourth-order valence-electron chi connectivity index (χ4n) is 3.25. The van der Waals surface area contributed by atoms with Gasteiger partial charge in [0.15, 0.2) is 0 Å². The van der Waals surface area contributed by atoms with Crippen molar-refractivity contribution < 1.29 is 9.53 Å². The number of nitrogens with zero attached hydrogens (tertiary/aromatic N) is 3. The molecule has 1 N–H and O–H groups in total. The molecule has 31 heavy (non-hydrogen) atoms. The van der Waals surface area contributed by atoms with E-state index in [-0.39, 0.29) is 5.91 Å². The molecular formula is C24H21ClN4O2. The van der Waals surface area contributed by atoms with Gasteiger partial charge in [-0.05, 0) is 48.9 Å². The number of aromatic nitrogens is 2. The topological polar surface area (TPSA) is 68.5 Å². The number of hydrogen-bond acceptors (Lipinski definition) is 4. The molecule has 0 saturated heterocycles. The molecule has 0 spiro atoms.